The highest BCUT2D eigenvalue weighted by Crippen LogP contribution is 2.31. The van der Waals surface area contributed by atoms with Gasteiger partial charge in [-0.2, -0.15) is 0 Å². The maximum absolute atomic E-state index is 12.4. The second kappa shape index (κ2) is 5.51. The Morgan fingerprint density at radius 2 is 2.05 bits per heavy atom. The normalized spacial score (nSPS) is 15.4. The predicted molar refractivity (Wildman–Crippen MR) is 81.8 cm³/mol. The summed E-state index contributed by atoms with van der Waals surface area (Å²) in [6, 6.07) is 7.62. The number of ether oxygens (including phenoxy) is 1. The van der Waals surface area contributed by atoms with E-state index in [0.29, 0.717) is 47.5 Å². The molecule has 7 heteroatoms. The number of hydrogen-bond donors (Lipinski definition) is 0. The van der Waals surface area contributed by atoms with Gasteiger partial charge in [-0.15, -0.1) is 11.3 Å². The van der Waals surface area contributed by atoms with E-state index in [-0.39, 0.29) is 5.91 Å². The molecule has 3 aromatic rings. The molecule has 1 aliphatic heterocycles. The number of fused-ring (bicyclic) bond motifs is 1. The average Bonchev–Trinajstić information content (AvgIpc) is 3.21. The van der Waals surface area contributed by atoms with Gasteiger partial charge in [-0.1, -0.05) is 17.3 Å². The van der Waals surface area contributed by atoms with Crippen molar-refractivity contribution in [1.29, 1.82) is 0 Å². The summed E-state index contributed by atoms with van der Waals surface area (Å²) in [6.07, 6.45) is 1.61. The molecule has 0 atom stereocenters. The molecule has 0 spiro atoms. The highest BCUT2D eigenvalue weighted by molar-refractivity contribution is 7.17. The van der Waals surface area contributed by atoms with Crippen LogP contribution in [0.15, 0.2) is 35.0 Å². The maximum atomic E-state index is 12.4. The molecule has 1 aromatic carbocycles. The Kier molecular flexibility index (Phi) is 3.36. The lowest BCUT2D eigenvalue weighted by Crippen LogP contribution is -2.40. The number of carbonyl (C=O) groups is 1. The molecule has 4 rings (SSSR count). The van der Waals surface area contributed by atoms with Crippen LogP contribution in [0.5, 0.6) is 0 Å². The molecule has 1 aliphatic rings. The zero-order valence-corrected chi connectivity index (χ0v) is 12.5. The average molecular weight is 315 g/mol. The number of nitrogens with zero attached hydrogens (tertiary/aromatic N) is 3. The molecule has 22 heavy (non-hydrogen) atoms. The molecule has 1 saturated heterocycles. The molecule has 0 N–H and O–H groups in total. The summed E-state index contributed by atoms with van der Waals surface area (Å²) < 4.78 is 10.6. The first-order chi connectivity index (χ1) is 10.8. The molecule has 2 aromatic heterocycles. The minimum atomic E-state index is -0.000138. The number of rotatable bonds is 2. The van der Waals surface area contributed by atoms with E-state index in [1.165, 1.54) is 11.3 Å². The second-order valence-corrected chi connectivity index (χ2v) is 5.99. The number of carbonyl (C=O) groups excluding carboxylic acids is 1. The fourth-order valence-corrected chi connectivity index (χ4v) is 3.32. The van der Waals surface area contributed by atoms with Gasteiger partial charge in [0.1, 0.15) is 15.6 Å². The zero-order valence-electron chi connectivity index (χ0n) is 11.7. The molecular formula is C15H13N3O3S. The van der Waals surface area contributed by atoms with E-state index >= 15 is 0 Å². The van der Waals surface area contributed by atoms with Crippen LogP contribution in [0.1, 0.15) is 9.67 Å². The van der Waals surface area contributed by atoms with Crippen LogP contribution in [-0.4, -0.2) is 47.3 Å². The Morgan fingerprint density at radius 1 is 1.23 bits per heavy atom. The van der Waals surface area contributed by atoms with Gasteiger partial charge in [0.25, 0.3) is 5.91 Å². The summed E-state index contributed by atoms with van der Waals surface area (Å²) in [7, 11) is 0. The first-order valence-electron chi connectivity index (χ1n) is 7.00. The predicted octanol–water partition coefficient (Wildman–Crippen LogP) is 2.42. The van der Waals surface area contributed by atoms with Crippen LogP contribution in [0.4, 0.5) is 0 Å². The Hall–Kier alpha value is -2.25. The van der Waals surface area contributed by atoms with Crippen molar-refractivity contribution in [3.63, 3.8) is 0 Å². The number of benzene rings is 1. The molecule has 1 amide bonds. The lowest BCUT2D eigenvalue weighted by atomic mass is 10.2. The smallest absolute Gasteiger partial charge is 0.265 e. The van der Waals surface area contributed by atoms with E-state index in [1.807, 2.05) is 24.3 Å². The van der Waals surface area contributed by atoms with Gasteiger partial charge in [-0.3, -0.25) is 4.79 Å². The molecule has 6 nitrogen and oxygen atoms in total. The van der Waals surface area contributed by atoms with Gasteiger partial charge in [0.05, 0.1) is 24.8 Å². The minimum absolute atomic E-state index is 0.000138. The molecule has 0 radical (unpaired) electrons. The monoisotopic (exact) mass is 315 g/mol. The van der Waals surface area contributed by atoms with Crippen molar-refractivity contribution in [2.24, 2.45) is 0 Å². The third kappa shape index (κ3) is 2.28. The van der Waals surface area contributed by atoms with Gasteiger partial charge in [0.2, 0.25) is 0 Å². The highest BCUT2D eigenvalue weighted by Gasteiger charge is 2.22. The van der Waals surface area contributed by atoms with Crippen LogP contribution >= 0.6 is 11.3 Å². The number of para-hydroxylation sites is 1. The van der Waals surface area contributed by atoms with E-state index in [0.717, 1.165) is 5.39 Å². The van der Waals surface area contributed by atoms with Crippen molar-refractivity contribution in [2.75, 3.05) is 26.3 Å². The van der Waals surface area contributed by atoms with Crippen molar-refractivity contribution in [3.05, 3.63) is 35.3 Å². The Balaban J connectivity index is 1.65. The number of amides is 1. The standard InChI is InChI=1S/C15H13N3O3S/c19-15(18-5-7-20-8-6-18)12-9-16-14(22-12)13-10-3-1-2-4-11(10)21-17-13/h1-4,9H,5-8H2. The Bertz CT molecular complexity index is 820. The highest BCUT2D eigenvalue weighted by atomic mass is 32.1. The van der Waals surface area contributed by atoms with Crippen molar-refractivity contribution >= 4 is 28.2 Å². The van der Waals surface area contributed by atoms with Gasteiger partial charge in [0.15, 0.2) is 5.58 Å². The number of thiazole rings is 1. The van der Waals surface area contributed by atoms with Crippen molar-refractivity contribution in [1.82, 2.24) is 15.0 Å². The molecule has 0 aliphatic carbocycles. The van der Waals surface area contributed by atoms with Crippen molar-refractivity contribution in [2.45, 2.75) is 0 Å². The van der Waals surface area contributed by atoms with Gasteiger partial charge in [-0.25, -0.2) is 4.98 Å². The summed E-state index contributed by atoms with van der Waals surface area (Å²) >= 11 is 1.34. The summed E-state index contributed by atoms with van der Waals surface area (Å²) in [4.78, 5) is 19.2. The summed E-state index contributed by atoms with van der Waals surface area (Å²) in [5.74, 6) is -0.000138. The Morgan fingerprint density at radius 3 is 2.91 bits per heavy atom. The third-order valence-electron chi connectivity index (χ3n) is 3.59. The lowest BCUT2D eigenvalue weighted by molar-refractivity contribution is 0.0306. The Labute approximate surface area is 130 Å². The molecule has 112 valence electrons. The fourth-order valence-electron chi connectivity index (χ4n) is 2.44. The topological polar surface area (TPSA) is 68.5 Å². The lowest BCUT2D eigenvalue weighted by Gasteiger charge is -2.26. The largest absolute Gasteiger partial charge is 0.378 e. The first-order valence-corrected chi connectivity index (χ1v) is 7.82. The van der Waals surface area contributed by atoms with Gasteiger partial charge in [-0.05, 0) is 12.1 Å². The fraction of sp³-hybridized carbons (Fsp3) is 0.267. The first kappa shape index (κ1) is 13.4. The van der Waals surface area contributed by atoms with Crippen LogP contribution < -0.4 is 0 Å². The van der Waals surface area contributed by atoms with Crippen molar-refractivity contribution < 1.29 is 14.1 Å². The summed E-state index contributed by atoms with van der Waals surface area (Å²) in [5, 5.41) is 5.68. The molecule has 0 bridgehead atoms. The van der Waals surface area contributed by atoms with E-state index in [1.54, 1.807) is 11.1 Å². The van der Waals surface area contributed by atoms with Gasteiger partial charge < -0.3 is 14.2 Å². The van der Waals surface area contributed by atoms with Crippen LogP contribution in [0.2, 0.25) is 0 Å². The summed E-state index contributed by atoms with van der Waals surface area (Å²) in [5.41, 5.74) is 1.40. The van der Waals surface area contributed by atoms with Crippen LogP contribution in [-0.2, 0) is 4.74 Å². The van der Waals surface area contributed by atoms with Crippen LogP contribution in [0, 0.1) is 0 Å². The van der Waals surface area contributed by atoms with Crippen LogP contribution in [0.3, 0.4) is 0 Å². The number of hydrogen-bond acceptors (Lipinski definition) is 6. The molecule has 1 fully saturated rings. The van der Waals surface area contributed by atoms with Crippen molar-refractivity contribution in [3.8, 4) is 10.7 Å². The molecule has 0 unspecified atom stereocenters. The summed E-state index contributed by atoms with van der Waals surface area (Å²) in [6.45, 7) is 2.43. The van der Waals surface area contributed by atoms with E-state index in [2.05, 4.69) is 10.1 Å². The minimum Gasteiger partial charge on any atom is -0.378 e. The van der Waals surface area contributed by atoms with E-state index in [4.69, 9.17) is 9.26 Å². The maximum Gasteiger partial charge on any atom is 0.265 e. The third-order valence-corrected chi connectivity index (χ3v) is 4.59. The van der Waals surface area contributed by atoms with E-state index < -0.39 is 0 Å². The quantitative estimate of drug-likeness (QED) is 0.726. The molecule has 0 saturated carbocycles. The SMILES string of the molecule is O=C(c1cnc(-c2noc3ccccc23)s1)N1CCOCC1. The zero-order chi connectivity index (χ0) is 14.9. The van der Waals surface area contributed by atoms with Crippen LogP contribution in [0.25, 0.3) is 21.7 Å². The number of morpholine rings is 1. The van der Waals surface area contributed by atoms with Gasteiger partial charge >= 0.3 is 0 Å². The van der Waals surface area contributed by atoms with Gasteiger partial charge in [0, 0.05) is 13.1 Å². The number of aromatic nitrogens is 2. The molecular weight excluding hydrogens is 302 g/mol. The van der Waals surface area contributed by atoms with E-state index in [9.17, 15) is 4.79 Å². The molecule has 3 heterocycles. The second-order valence-electron chi connectivity index (χ2n) is 4.96.